The Morgan fingerprint density at radius 1 is 1.04 bits per heavy atom. The Labute approximate surface area is 165 Å². The van der Waals surface area contributed by atoms with Gasteiger partial charge in [-0.3, -0.25) is 4.79 Å². The van der Waals surface area contributed by atoms with E-state index in [0.29, 0.717) is 29.1 Å². The van der Waals surface area contributed by atoms with Crippen molar-refractivity contribution in [3.8, 4) is 0 Å². The third-order valence-electron chi connectivity index (χ3n) is 10.2. The van der Waals surface area contributed by atoms with E-state index in [-0.39, 0.29) is 12.0 Å². The van der Waals surface area contributed by atoms with Crippen LogP contribution in [0.3, 0.4) is 0 Å². The molecule has 27 heavy (non-hydrogen) atoms. The van der Waals surface area contributed by atoms with Gasteiger partial charge in [0.25, 0.3) is 0 Å². The van der Waals surface area contributed by atoms with Gasteiger partial charge in [-0.1, -0.05) is 13.8 Å². The number of amides is 1. The van der Waals surface area contributed by atoms with Crippen molar-refractivity contribution in [3.63, 3.8) is 0 Å². The first kappa shape index (κ1) is 19.7. The minimum Gasteiger partial charge on any atom is -0.393 e. The van der Waals surface area contributed by atoms with Gasteiger partial charge in [-0.05, 0) is 117 Å². The molecule has 0 aromatic rings. The molecule has 3 N–H and O–H groups in total. The van der Waals surface area contributed by atoms with Crippen molar-refractivity contribution in [2.75, 3.05) is 0 Å². The Morgan fingerprint density at radius 2 is 1.74 bits per heavy atom. The molecule has 4 rings (SSSR count). The second-order valence-corrected chi connectivity index (χ2v) is 11.3. The first-order valence-corrected chi connectivity index (χ1v) is 11.7. The molecular formula is C24H41NO2. The van der Waals surface area contributed by atoms with Gasteiger partial charge in [-0.15, -0.1) is 0 Å². The van der Waals surface area contributed by atoms with E-state index in [1.54, 1.807) is 0 Å². The largest absolute Gasteiger partial charge is 0.393 e. The van der Waals surface area contributed by atoms with Crippen LogP contribution < -0.4 is 5.73 Å². The molecule has 4 fully saturated rings. The summed E-state index contributed by atoms with van der Waals surface area (Å²) in [5.74, 6) is 4.55. The number of nitrogens with two attached hydrogens (primary N) is 1. The van der Waals surface area contributed by atoms with E-state index in [4.69, 9.17) is 5.73 Å². The van der Waals surface area contributed by atoms with Gasteiger partial charge in [0, 0.05) is 6.42 Å². The topological polar surface area (TPSA) is 63.3 Å². The Bertz CT molecular complexity index is 575. The lowest BCUT2D eigenvalue weighted by Gasteiger charge is -2.61. The Kier molecular flexibility index (Phi) is 5.15. The zero-order valence-corrected chi connectivity index (χ0v) is 17.8. The second kappa shape index (κ2) is 7.04. The quantitative estimate of drug-likeness (QED) is 0.733. The van der Waals surface area contributed by atoms with Crippen LogP contribution >= 0.6 is 0 Å². The van der Waals surface area contributed by atoms with Crippen LogP contribution in [0.4, 0.5) is 0 Å². The van der Waals surface area contributed by atoms with E-state index in [0.717, 1.165) is 30.1 Å². The maximum absolute atomic E-state index is 11.2. The van der Waals surface area contributed by atoms with Crippen molar-refractivity contribution < 1.29 is 9.90 Å². The lowest BCUT2D eigenvalue weighted by molar-refractivity contribution is -0.126. The molecular weight excluding hydrogens is 334 g/mol. The minimum atomic E-state index is -0.149. The number of rotatable bonds is 4. The van der Waals surface area contributed by atoms with Crippen LogP contribution in [-0.4, -0.2) is 17.1 Å². The lowest BCUT2D eigenvalue weighted by atomic mass is 9.44. The molecule has 0 radical (unpaired) electrons. The molecule has 0 bridgehead atoms. The Balaban J connectivity index is 1.48. The van der Waals surface area contributed by atoms with Gasteiger partial charge in [0.05, 0.1) is 6.10 Å². The van der Waals surface area contributed by atoms with Crippen LogP contribution in [0.2, 0.25) is 0 Å². The SMILES string of the molecule is C[C@H](O)[C@H]1CCC2C3CC[C@H]4C[C@H](CCC(N)=O)CC[C@]4(C)C3CC[C@@]21C. The molecule has 3 heteroatoms. The zero-order chi connectivity index (χ0) is 19.4. The highest BCUT2D eigenvalue weighted by Gasteiger charge is 2.60. The smallest absolute Gasteiger partial charge is 0.217 e. The summed E-state index contributed by atoms with van der Waals surface area (Å²) in [6, 6.07) is 0. The highest BCUT2D eigenvalue weighted by atomic mass is 16.3. The molecule has 1 amide bonds. The zero-order valence-electron chi connectivity index (χ0n) is 17.8. The highest BCUT2D eigenvalue weighted by Crippen LogP contribution is 2.68. The van der Waals surface area contributed by atoms with Gasteiger partial charge in [0.15, 0.2) is 0 Å². The van der Waals surface area contributed by atoms with E-state index in [2.05, 4.69) is 13.8 Å². The molecule has 154 valence electrons. The van der Waals surface area contributed by atoms with Gasteiger partial charge < -0.3 is 10.8 Å². The van der Waals surface area contributed by atoms with Gasteiger partial charge in [-0.2, -0.15) is 0 Å². The van der Waals surface area contributed by atoms with Crippen molar-refractivity contribution in [2.45, 2.75) is 97.5 Å². The maximum atomic E-state index is 11.2. The minimum absolute atomic E-state index is 0.132. The summed E-state index contributed by atoms with van der Waals surface area (Å²) in [5.41, 5.74) is 6.27. The van der Waals surface area contributed by atoms with Crippen molar-refractivity contribution in [1.82, 2.24) is 0 Å². The molecule has 4 aliphatic rings. The number of carbonyl (C=O) groups is 1. The highest BCUT2D eigenvalue weighted by molar-refractivity contribution is 5.73. The molecule has 0 aromatic carbocycles. The van der Waals surface area contributed by atoms with E-state index < -0.39 is 0 Å². The number of fused-ring (bicyclic) bond motifs is 5. The predicted molar refractivity (Wildman–Crippen MR) is 109 cm³/mol. The number of hydrogen-bond acceptors (Lipinski definition) is 2. The molecule has 0 heterocycles. The maximum Gasteiger partial charge on any atom is 0.217 e. The number of hydrogen-bond donors (Lipinski definition) is 2. The average Bonchev–Trinajstić information content (AvgIpc) is 2.97. The van der Waals surface area contributed by atoms with Gasteiger partial charge in [0.1, 0.15) is 0 Å². The lowest BCUT2D eigenvalue weighted by Crippen LogP contribution is -2.54. The standard InChI is InChI=1S/C24H41NO2/c1-15(26)19-7-8-20-18-6-5-17-14-16(4-9-22(25)27)10-12-23(17,2)21(18)11-13-24(19,20)3/h15-21,26H,4-14H2,1-3H3,(H2,25,27)/t15-,16+,17-,18?,19+,20?,21?,23-,24+/m0/s1. The third-order valence-corrected chi connectivity index (χ3v) is 10.2. The second-order valence-electron chi connectivity index (χ2n) is 11.3. The summed E-state index contributed by atoms with van der Waals surface area (Å²) in [7, 11) is 0. The van der Waals surface area contributed by atoms with Crippen molar-refractivity contribution in [1.29, 1.82) is 0 Å². The molecule has 4 aliphatic carbocycles. The summed E-state index contributed by atoms with van der Waals surface area (Å²) in [6.07, 6.45) is 13.5. The van der Waals surface area contributed by atoms with Crippen molar-refractivity contribution in [2.24, 2.45) is 52.1 Å². The van der Waals surface area contributed by atoms with Crippen LogP contribution in [0.1, 0.15) is 91.4 Å². The molecule has 9 atom stereocenters. The van der Waals surface area contributed by atoms with E-state index in [1.165, 1.54) is 57.8 Å². The Morgan fingerprint density at radius 3 is 2.44 bits per heavy atom. The van der Waals surface area contributed by atoms with Crippen LogP contribution in [0.25, 0.3) is 0 Å². The first-order chi connectivity index (χ1) is 12.8. The number of aliphatic hydroxyl groups is 1. The molecule has 4 saturated carbocycles. The number of primary amides is 1. The molecule has 3 nitrogen and oxygen atoms in total. The predicted octanol–water partition coefficient (Wildman–Crippen LogP) is 4.91. The van der Waals surface area contributed by atoms with Crippen LogP contribution in [0.15, 0.2) is 0 Å². The molecule has 0 aromatic heterocycles. The molecule has 0 aliphatic heterocycles. The van der Waals surface area contributed by atoms with Crippen molar-refractivity contribution in [3.05, 3.63) is 0 Å². The van der Waals surface area contributed by atoms with Gasteiger partial charge >= 0.3 is 0 Å². The summed E-state index contributed by atoms with van der Waals surface area (Å²) < 4.78 is 0. The van der Waals surface area contributed by atoms with E-state index >= 15 is 0 Å². The fourth-order valence-corrected chi connectivity index (χ4v) is 8.79. The number of aliphatic hydroxyl groups excluding tert-OH is 1. The summed E-state index contributed by atoms with van der Waals surface area (Å²) >= 11 is 0. The third kappa shape index (κ3) is 3.16. The van der Waals surface area contributed by atoms with Gasteiger partial charge in [-0.25, -0.2) is 0 Å². The van der Waals surface area contributed by atoms with E-state index in [1.807, 2.05) is 6.92 Å². The fourth-order valence-electron chi connectivity index (χ4n) is 8.79. The first-order valence-electron chi connectivity index (χ1n) is 11.7. The fraction of sp³-hybridized carbons (Fsp3) is 0.958. The number of carbonyl (C=O) groups excluding carboxylic acids is 1. The summed E-state index contributed by atoms with van der Waals surface area (Å²) in [5, 5.41) is 10.4. The van der Waals surface area contributed by atoms with Crippen LogP contribution in [0.5, 0.6) is 0 Å². The van der Waals surface area contributed by atoms with Crippen LogP contribution in [-0.2, 0) is 4.79 Å². The summed E-state index contributed by atoms with van der Waals surface area (Å²) in [4.78, 5) is 11.2. The molecule has 0 spiro atoms. The summed E-state index contributed by atoms with van der Waals surface area (Å²) in [6.45, 7) is 7.14. The van der Waals surface area contributed by atoms with E-state index in [9.17, 15) is 9.90 Å². The average molecular weight is 376 g/mol. The Hall–Kier alpha value is -0.570. The van der Waals surface area contributed by atoms with Crippen molar-refractivity contribution >= 4 is 5.91 Å². The van der Waals surface area contributed by atoms with Crippen LogP contribution in [0, 0.1) is 46.3 Å². The normalized spacial score (nSPS) is 50.4. The molecule has 3 unspecified atom stereocenters. The molecule has 0 saturated heterocycles. The monoisotopic (exact) mass is 375 g/mol. The van der Waals surface area contributed by atoms with Gasteiger partial charge in [0.2, 0.25) is 5.91 Å².